The van der Waals surface area contributed by atoms with E-state index in [0.717, 1.165) is 37.7 Å². The molecule has 1 unspecified atom stereocenters. The number of ether oxygens (including phenoxy) is 2. The molecule has 2 heterocycles. The van der Waals surface area contributed by atoms with Crippen molar-refractivity contribution in [3.8, 4) is 0 Å². The molecular weight excluding hydrogens is 232 g/mol. The fourth-order valence-corrected chi connectivity index (χ4v) is 1.96. The van der Waals surface area contributed by atoms with E-state index in [0.29, 0.717) is 18.5 Å². The van der Waals surface area contributed by atoms with Crippen molar-refractivity contribution >= 4 is 11.6 Å². The minimum atomic E-state index is 0.328. The minimum absolute atomic E-state index is 0.328. The van der Waals surface area contributed by atoms with Gasteiger partial charge in [0.25, 0.3) is 0 Å². The average Bonchev–Trinajstić information content (AvgIpc) is 2.40. The van der Waals surface area contributed by atoms with Crippen LogP contribution < -0.4 is 10.6 Å². The van der Waals surface area contributed by atoms with Gasteiger partial charge in [-0.1, -0.05) is 0 Å². The highest BCUT2D eigenvalue weighted by molar-refractivity contribution is 5.47. The quantitative estimate of drug-likeness (QED) is 0.822. The Balaban J connectivity index is 2.07. The van der Waals surface area contributed by atoms with Crippen molar-refractivity contribution in [2.45, 2.75) is 25.5 Å². The van der Waals surface area contributed by atoms with E-state index in [1.165, 1.54) is 0 Å². The molecule has 0 radical (unpaired) electrons. The van der Waals surface area contributed by atoms with Gasteiger partial charge in [-0.05, 0) is 12.8 Å². The van der Waals surface area contributed by atoms with Crippen LogP contribution in [-0.2, 0) is 16.1 Å². The number of hydrogen-bond donors (Lipinski definition) is 2. The molecule has 1 aromatic rings. The Hall–Kier alpha value is -1.40. The van der Waals surface area contributed by atoms with Gasteiger partial charge in [0.05, 0.1) is 12.6 Å². The predicted octanol–water partition coefficient (Wildman–Crippen LogP) is 1.26. The van der Waals surface area contributed by atoms with Crippen LogP contribution in [0.1, 0.15) is 18.7 Å². The van der Waals surface area contributed by atoms with Gasteiger partial charge in [0.2, 0.25) is 0 Å². The SMILES string of the molecule is CNc1cc(NC2CCCOC2)nc(COC)n1. The molecule has 1 fully saturated rings. The normalized spacial score (nSPS) is 19.6. The molecule has 2 rings (SSSR count). The highest BCUT2D eigenvalue weighted by atomic mass is 16.5. The first-order chi connectivity index (χ1) is 8.81. The fraction of sp³-hybridized carbons (Fsp3) is 0.667. The average molecular weight is 252 g/mol. The Morgan fingerprint density at radius 3 is 2.94 bits per heavy atom. The molecule has 1 aliphatic heterocycles. The minimum Gasteiger partial charge on any atom is -0.379 e. The maximum Gasteiger partial charge on any atom is 0.158 e. The molecule has 0 spiro atoms. The van der Waals surface area contributed by atoms with Crippen molar-refractivity contribution in [2.24, 2.45) is 0 Å². The molecule has 1 aliphatic rings. The summed E-state index contributed by atoms with van der Waals surface area (Å²) in [7, 11) is 3.48. The van der Waals surface area contributed by atoms with Gasteiger partial charge in [-0.15, -0.1) is 0 Å². The van der Waals surface area contributed by atoms with Crippen LogP contribution in [0.5, 0.6) is 0 Å². The molecule has 100 valence electrons. The summed E-state index contributed by atoms with van der Waals surface area (Å²) < 4.78 is 10.5. The molecule has 0 amide bonds. The highest BCUT2D eigenvalue weighted by Gasteiger charge is 2.14. The first kappa shape index (κ1) is 13.0. The molecule has 6 heteroatoms. The number of methoxy groups -OCH3 is 1. The van der Waals surface area contributed by atoms with Crippen LogP contribution in [0.4, 0.5) is 11.6 Å². The molecule has 2 N–H and O–H groups in total. The Kier molecular flexibility index (Phi) is 4.72. The van der Waals surface area contributed by atoms with Crippen LogP contribution >= 0.6 is 0 Å². The smallest absolute Gasteiger partial charge is 0.158 e. The number of anilines is 2. The summed E-state index contributed by atoms with van der Waals surface area (Å²) in [6.45, 7) is 2.00. The maximum absolute atomic E-state index is 5.44. The third kappa shape index (κ3) is 3.54. The molecule has 1 aromatic heterocycles. The topological polar surface area (TPSA) is 68.3 Å². The molecule has 0 saturated carbocycles. The molecule has 1 saturated heterocycles. The third-order valence-corrected chi connectivity index (χ3v) is 2.81. The lowest BCUT2D eigenvalue weighted by Crippen LogP contribution is -2.30. The number of hydrogen-bond acceptors (Lipinski definition) is 6. The van der Waals surface area contributed by atoms with E-state index < -0.39 is 0 Å². The van der Waals surface area contributed by atoms with Crippen molar-refractivity contribution in [3.05, 3.63) is 11.9 Å². The Morgan fingerprint density at radius 2 is 2.28 bits per heavy atom. The van der Waals surface area contributed by atoms with Gasteiger partial charge in [-0.3, -0.25) is 0 Å². The Labute approximate surface area is 107 Å². The second kappa shape index (κ2) is 6.51. The molecule has 0 aliphatic carbocycles. The predicted molar refractivity (Wildman–Crippen MR) is 69.8 cm³/mol. The summed E-state index contributed by atoms with van der Waals surface area (Å²) in [4.78, 5) is 8.74. The Morgan fingerprint density at radius 1 is 1.44 bits per heavy atom. The molecule has 1 atom stereocenters. The van der Waals surface area contributed by atoms with Gasteiger partial charge < -0.3 is 20.1 Å². The van der Waals surface area contributed by atoms with E-state index in [2.05, 4.69) is 20.6 Å². The first-order valence-electron chi connectivity index (χ1n) is 6.20. The first-order valence-corrected chi connectivity index (χ1v) is 6.20. The zero-order valence-corrected chi connectivity index (χ0v) is 10.9. The van der Waals surface area contributed by atoms with E-state index in [4.69, 9.17) is 9.47 Å². The molecule has 6 nitrogen and oxygen atoms in total. The molecule has 18 heavy (non-hydrogen) atoms. The van der Waals surface area contributed by atoms with E-state index in [9.17, 15) is 0 Å². The monoisotopic (exact) mass is 252 g/mol. The summed E-state index contributed by atoms with van der Waals surface area (Å²) in [5, 5.41) is 6.41. The van der Waals surface area contributed by atoms with Gasteiger partial charge in [0, 0.05) is 26.8 Å². The standard InChI is InChI=1S/C12H20N4O2/c1-13-10-6-11(16-12(15-10)8-17-2)14-9-4-3-5-18-7-9/h6,9H,3-5,7-8H2,1-2H3,(H2,13,14,15,16). The summed E-state index contributed by atoms with van der Waals surface area (Å²) in [6, 6.07) is 2.22. The van der Waals surface area contributed by atoms with Crippen molar-refractivity contribution in [3.63, 3.8) is 0 Å². The summed E-state index contributed by atoms with van der Waals surface area (Å²) in [6.07, 6.45) is 2.20. The highest BCUT2D eigenvalue weighted by Crippen LogP contribution is 2.16. The van der Waals surface area contributed by atoms with Crippen molar-refractivity contribution in [1.82, 2.24) is 9.97 Å². The summed E-state index contributed by atoms with van der Waals surface area (Å²) >= 11 is 0. The van der Waals surface area contributed by atoms with Gasteiger partial charge >= 0.3 is 0 Å². The third-order valence-electron chi connectivity index (χ3n) is 2.81. The second-order valence-corrected chi connectivity index (χ2v) is 4.30. The van der Waals surface area contributed by atoms with Crippen LogP contribution in [0.15, 0.2) is 6.07 Å². The molecular formula is C12H20N4O2. The second-order valence-electron chi connectivity index (χ2n) is 4.30. The van der Waals surface area contributed by atoms with E-state index in [-0.39, 0.29) is 0 Å². The maximum atomic E-state index is 5.44. The lowest BCUT2D eigenvalue weighted by molar-refractivity contribution is 0.0875. The van der Waals surface area contributed by atoms with E-state index >= 15 is 0 Å². The zero-order chi connectivity index (χ0) is 12.8. The lowest BCUT2D eigenvalue weighted by Gasteiger charge is -2.23. The van der Waals surface area contributed by atoms with Crippen molar-refractivity contribution in [1.29, 1.82) is 0 Å². The van der Waals surface area contributed by atoms with Gasteiger partial charge in [0.15, 0.2) is 5.82 Å². The van der Waals surface area contributed by atoms with Crippen LogP contribution in [0.2, 0.25) is 0 Å². The van der Waals surface area contributed by atoms with Gasteiger partial charge in [-0.25, -0.2) is 9.97 Å². The van der Waals surface area contributed by atoms with Crippen LogP contribution in [0, 0.1) is 0 Å². The fourth-order valence-electron chi connectivity index (χ4n) is 1.96. The molecule has 0 bridgehead atoms. The van der Waals surface area contributed by atoms with E-state index in [1.807, 2.05) is 13.1 Å². The van der Waals surface area contributed by atoms with Crippen LogP contribution in [-0.4, -0.2) is 43.4 Å². The number of nitrogens with one attached hydrogen (secondary N) is 2. The molecule has 0 aromatic carbocycles. The lowest BCUT2D eigenvalue weighted by atomic mass is 10.1. The van der Waals surface area contributed by atoms with E-state index in [1.54, 1.807) is 7.11 Å². The zero-order valence-electron chi connectivity index (χ0n) is 10.9. The van der Waals surface area contributed by atoms with Gasteiger partial charge in [-0.2, -0.15) is 0 Å². The van der Waals surface area contributed by atoms with Gasteiger partial charge in [0.1, 0.15) is 18.2 Å². The number of aromatic nitrogens is 2. The van der Waals surface area contributed by atoms with Crippen molar-refractivity contribution in [2.75, 3.05) is 38.0 Å². The van der Waals surface area contributed by atoms with Crippen LogP contribution in [0.3, 0.4) is 0 Å². The number of nitrogens with zero attached hydrogens (tertiary/aromatic N) is 2. The van der Waals surface area contributed by atoms with Crippen LogP contribution in [0.25, 0.3) is 0 Å². The van der Waals surface area contributed by atoms with Crippen molar-refractivity contribution < 1.29 is 9.47 Å². The Bertz CT molecular complexity index is 380. The largest absolute Gasteiger partial charge is 0.379 e. The number of rotatable bonds is 5. The summed E-state index contributed by atoms with van der Waals surface area (Å²) in [5.41, 5.74) is 0. The summed E-state index contributed by atoms with van der Waals surface area (Å²) in [5.74, 6) is 2.27.